The number of hydrogen-bond donors (Lipinski definition) is 2. The number of carbonyl (C=O) groups excluding carboxylic acids is 1. The molecule has 5 heteroatoms. The monoisotopic (exact) mass is 218 g/mol. The maximum atomic E-state index is 10.7. The summed E-state index contributed by atoms with van der Waals surface area (Å²) in [6.45, 7) is 2.48. The summed E-state index contributed by atoms with van der Waals surface area (Å²) in [4.78, 5) is 14.5. The first-order valence-corrected chi connectivity index (χ1v) is 4.98. The van der Waals surface area contributed by atoms with Crippen LogP contribution in [0.5, 0.6) is 0 Å². The molecule has 16 heavy (non-hydrogen) atoms. The van der Waals surface area contributed by atoms with Crippen LogP contribution < -0.4 is 11.1 Å². The number of aromatic nitrogens is 1. The number of amides is 1. The van der Waals surface area contributed by atoms with E-state index in [1.165, 1.54) is 0 Å². The number of primary amides is 1. The van der Waals surface area contributed by atoms with Gasteiger partial charge in [-0.2, -0.15) is 5.26 Å². The highest BCUT2D eigenvalue weighted by molar-refractivity contribution is 5.74. The van der Waals surface area contributed by atoms with Gasteiger partial charge in [-0.05, 0) is 24.6 Å². The molecule has 5 nitrogen and oxygen atoms in total. The zero-order chi connectivity index (χ0) is 12.0. The molecule has 1 aromatic heterocycles. The molecule has 1 heterocycles. The van der Waals surface area contributed by atoms with Gasteiger partial charge < -0.3 is 11.1 Å². The first-order chi connectivity index (χ1) is 7.61. The molecule has 1 amide bonds. The van der Waals surface area contributed by atoms with Gasteiger partial charge in [0.25, 0.3) is 0 Å². The molecule has 0 aromatic carbocycles. The van der Waals surface area contributed by atoms with Gasteiger partial charge in [-0.25, -0.2) is 4.98 Å². The molecule has 0 saturated carbocycles. The lowest BCUT2D eigenvalue weighted by molar-refractivity contribution is -0.118. The van der Waals surface area contributed by atoms with Crippen molar-refractivity contribution >= 4 is 5.91 Å². The minimum atomic E-state index is -0.326. The number of nitrogens with two attached hydrogens (primary N) is 1. The Labute approximate surface area is 94.3 Å². The number of hydrogen-bond acceptors (Lipinski definition) is 4. The Balaban J connectivity index is 2.48. The number of carbonyl (C=O) groups is 1. The lowest BCUT2D eigenvalue weighted by Crippen LogP contribution is -2.30. The third kappa shape index (κ3) is 4.07. The van der Waals surface area contributed by atoms with Crippen molar-refractivity contribution in [3.8, 4) is 6.07 Å². The molecule has 1 atom stereocenters. The molecule has 0 aliphatic carbocycles. The summed E-state index contributed by atoms with van der Waals surface area (Å²) in [5.41, 5.74) is 6.43. The van der Waals surface area contributed by atoms with Gasteiger partial charge >= 0.3 is 0 Å². The van der Waals surface area contributed by atoms with E-state index >= 15 is 0 Å². The fourth-order valence-corrected chi connectivity index (χ4v) is 1.31. The summed E-state index contributed by atoms with van der Waals surface area (Å²) in [7, 11) is 0. The maximum absolute atomic E-state index is 10.7. The van der Waals surface area contributed by atoms with Gasteiger partial charge in [0.05, 0.1) is 0 Å². The number of pyridine rings is 1. The Morgan fingerprint density at radius 3 is 3.12 bits per heavy atom. The summed E-state index contributed by atoms with van der Waals surface area (Å²) in [6, 6.07) is 5.53. The van der Waals surface area contributed by atoms with E-state index in [2.05, 4.69) is 10.3 Å². The van der Waals surface area contributed by atoms with E-state index in [-0.39, 0.29) is 11.9 Å². The molecule has 0 aliphatic rings. The molecule has 0 bridgehead atoms. The van der Waals surface area contributed by atoms with E-state index in [0.717, 1.165) is 5.56 Å². The van der Waals surface area contributed by atoms with Crippen LogP contribution in [-0.2, 0) is 11.3 Å². The van der Waals surface area contributed by atoms with Crippen LogP contribution in [0.25, 0.3) is 0 Å². The van der Waals surface area contributed by atoms with Crippen LogP contribution >= 0.6 is 0 Å². The quantitative estimate of drug-likeness (QED) is 0.743. The maximum Gasteiger partial charge on any atom is 0.218 e. The molecule has 0 radical (unpaired) electrons. The molecule has 1 rings (SSSR count). The standard InChI is InChI=1S/C11H14N4O/c1-8(4-11(13)16)15-7-9-2-3-14-10(5-9)6-12/h2-3,5,8,15H,4,7H2,1H3,(H2,13,16). The third-order valence-electron chi connectivity index (χ3n) is 2.10. The summed E-state index contributed by atoms with van der Waals surface area (Å²) >= 11 is 0. The van der Waals surface area contributed by atoms with Gasteiger partial charge in [-0.3, -0.25) is 4.79 Å². The van der Waals surface area contributed by atoms with Crippen molar-refractivity contribution < 1.29 is 4.79 Å². The van der Waals surface area contributed by atoms with Gasteiger partial charge in [0.15, 0.2) is 0 Å². The highest BCUT2D eigenvalue weighted by Gasteiger charge is 2.05. The first-order valence-electron chi connectivity index (χ1n) is 4.98. The summed E-state index contributed by atoms with van der Waals surface area (Å²) < 4.78 is 0. The van der Waals surface area contributed by atoms with E-state index in [4.69, 9.17) is 11.0 Å². The van der Waals surface area contributed by atoms with Gasteiger partial charge in [0, 0.05) is 25.2 Å². The molecule has 84 valence electrons. The van der Waals surface area contributed by atoms with Crippen molar-refractivity contribution in [3.05, 3.63) is 29.6 Å². The highest BCUT2D eigenvalue weighted by Crippen LogP contribution is 2.01. The lowest BCUT2D eigenvalue weighted by atomic mass is 10.2. The van der Waals surface area contributed by atoms with Crippen LogP contribution in [0.1, 0.15) is 24.6 Å². The Morgan fingerprint density at radius 2 is 2.50 bits per heavy atom. The SMILES string of the molecule is CC(CC(N)=O)NCc1ccnc(C#N)c1. The van der Waals surface area contributed by atoms with Crippen molar-refractivity contribution in [2.45, 2.75) is 25.9 Å². The smallest absolute Gasteiger partial charge is 0.218 e. The Kier molecular flexibility index (Phi) is 4.42. The molecular formula is C11H14N4O. The number of nitrogens with one attached hydrogen (secondary N) is 1. The van der Waals surface area contributed by atoms with Crippen LogP contribution in [0.4, 0.5) is 0 Å². The predicted octanol–water partition coefficient (Wildman–Crippen LogP) is 0.307. The van der Waals surface area contributed by atoms with Gasteiger partial charge in [0.1, 0.15) is 11.8 Å². The van der Waals surface area contributed by atoms with E-state index in [0.29, 0.717) is 18.7 Å². The fraction of sp³-hybridized carbons (Fsp3) is 0.364. The molecule has 0 aliphatic heterocycles. The van der Waals surface area contributed by atoms with E-state index in [1.54, 1.807) is 12.3 Å². The predicted molar refractivity (Wildman–Crippen MR) is 59.1 cm³/mol. The molecular weight excluding hydrogens is 204 g/mol. The fourth-order valence-electron chi connectivity index (χ4n) is 1.31. The average Bonchev–Trinajstić information content (AvgIpc) is 2.26. The largest absolute Gasteiger partial charge is 0.370 e. The normalized spacial score (nSPS) is 11.8. The third-order valence-corrected chi connectivity index (χ3v) is 2.10. The zero-order valence-corrected chi connectivity index (χ0v) is 9.10. The van der Waals surface area contributed by atoms with Gasteiger partial charge in [-0.15, -0.1) is 0 Å². The van der Waals surface area contributed by atoms with Crippen LogP contribution in [0.3, 0.4) is 0 Å². The van der Waals surface area contributed by atoms with Gasteiger partial charge in [0.2, 0.25) is 5.91 Å². The van der Waals surface area contributed by atoms with Crippen molar-refractivity contribution in [2.75, 3.05) is 0 Å². The molecule has 1 aromatic rings. The molecule has 1 unspecified atom stereocenters. The highest BCUT2D eigenvalue weighted by atomic mass is 16.1. The van der Waals surface area contributed by atoms with Crippen LogP contribution in [0, 0.1) is 11.3 Å². The minimum absolute atomic E-state index is 0.0243. The average molecular weight is 218 g/mol. The summed E-state index contributed by atoms with van der Waals surface area (Å²) in [5, 5.41) is 11.8. The minimum Gasteiger partial charge on any atom is -0.370 e. The number of rotatable bonds is 5. The van der Waals surface area contributed by atoms with Crippen molar-refractivity contribution in [2.24, 2.45) is 5.73 Å². The first kappa shape index (κ1) is 12.1. The van der Waals surface area contributed by atoms with Crippen molar-refractivity contribution in [3.63, 3.8) is 0 Å². The number of nitriles is 1. The zero-order valence-electron chi connectivity index (χ0n) is 9.10. The Hall–Kier alpha value is -1.93. The Morgan fingerprint density at radius 1 is 1.75 bits per heavy atom. The second-order valence-corrected chi connectivity index (χ2v) is 3.61. The summed E-state index contributed by atoms with van der Waals surface area (Å²) in [5.74, 6) is -0.326. The number of nitrogens with zero attached hydrogens (tertiary/aromatic N) is 2. The van der Waals surface area contributed by atoms with E-state index < -0.39 is 0 Å². The van der Waals surface area contributed by atoms with Crippen LogP contribution in [0.15, 0.2) is 18.3 Å². The van der Waals surface area contributed by atoms with Crippen LogP contribution in [-0.4, -0.2) is 16.9 Å². The van der Waals surface area contributed by atoms with Crippen LogP contribution in [0.2, 0.25) is 0 Å². The summed E-state index contributed by atoms with van der Waals surface area (Å²) in [6.07, 6.45) is 1.89. The van der Waals surface area contributed by atoms with E-state index in [1.807, 2.05) is 19.1 Å². The van der Waals surface area contributed by atoms with Gasteiger partial charge in [-0.1, -0.05) is 0 Å². The molecule has 3 N–H and O–H groups in total. The molecule has 0 saturated heterocycles. The molecule has 0 spiro atoms. The van der Waals surface area contributed by atoms with Crippen molar-refractivity contribution in [1.29, 1.82) is 5.26 Å². The second kappa shape index (κ2) is 5.83. The topological polar surface area (TPSA) is 91.8 Å². The Bertz CT molecular complexity index is 411. The second-order valence-electron chi connectivity index (χ2n) is 3.61. The molecule has 0 fully saturated rings. The van der Waals surface area contributed by atoms with E-state index in [9.17, 15) is 4.79 Å². The lowest BCUT2D eigenvalue weighted by Gasteiger charge is -2.11. The van der Waals surface area contributed by atoms with Crippen molar-refractivity contribution in [1.82, 2.24) is 10.3 Å².